The van der Waals surface area contributed by atoms with Crippen LogP contribution in [0, 0.1) is 10.1 Å². The van der Waals surface area contributed by atoms with Gasteiger partial charge >= 0.3 is 0 Å². The second-order valence-corrected chi connectivity index (χ2v) is 6.32. The third-order valence-corrected chi connectivity index (χ3v) is 4.85. The van der Waals surface area contributed by atoms with Crippen molar-refractivity contribution in [2.75, 3.05) is 20.8 Å². The lowest BCUT2D eigenvalue weighted by atomic mass is 10.0. The van der Waals surface area contributed by atoms with Gasteiger partial charge in [0.25, 0.3) is 11.2 Å². The van der Waals surface area contributed by atoms with Gasteiger partial charge in [0.05, 0.1) is 37.4 Å². The minimum Gasteiger partial charge on any atom is -0.497 e. The molecule has 1 saturated heterocycles. The third-order valence-electron chi connectivity index (χ3n) is 4.85. The largest absolute Gasteiger partial charge is 0.497 e. The summed E-state index contributed by atoms with van der Waals surface area (Å²) in [5, 5.41) is 11.0. The number of methoxy groups -OCH3 is 2. The fourth-order valence-electron chi connectivity index (χ4n) is 3.56. The minimum absolute atomic E-state index is 0.0845. The van der Waals surface area contributed by atoms with Crippen LogP contribution >= 0.6 is 0 Å². The molecule has 138 valence electrons. The van der Waals surface area contributed by atoms with Gasteiger partial charge in [-0.1, -0.05) is 0 Å². The van der Waals surface area contributed by atoms with Crippen molar-refractivity contribution in [2.45, 2.75) is 25.6 Å². The number of quaternary nitrogens is 1. The Balaban J connectivity index is 1.91. The summed E-state index contributed by atoms with van der Waals surface area (Å²) < 4.78 is 12.3. The first-order valence-electron chi connectivity index (χ1n) is 8.45. The summed E-state index contributed by atoms with van der Waals surface area (Å²) in [4.78, 5) is 23.8. The van der Waals surface area contributed by atoms with Crippen LogP contribution in [0.1, 0.15) is 24.4 Å². The van der Waals surface area contributed by atoms with E-state index in [1.807, 2.05) is 18.2 Å². The second-order valence-electron chi connectivity index (χ2n) is 6.32. The summed E-state index contributed by atoms with van der Waals surface area (Å²) in [6, 6.07) is 8.30. The summed E-state index contributed by atoms with van der Waals surface area (Å²) in [5.41, 5.74) is 0.697. The second kappa shape index (κ2) is 7.57. The van der Waals surface area contributed by atoms with Crippen molar-refractivity contribution in [2.24, 2.45) is 0 Å². The zero-order valence-electron chi connectivity index (χ0n) is 14.8. The van der Waals surface area contributed by atoms with E-state index in [9.17, 15) is 14.9 Å². The number of nitrogens with zero attached hydrogens (tertiary/aromatic N) is 2. The molecule has 8 nitrogen and oxygen atoms in total. The zero-order chi connectivity index (χ0) is 18.7. The predicted molar refractivity (Wildman–Crippen MR) is 94.7 cm³/mol. The van der Waals surface area contributed by atoms with Crippen LogP contribution in [0.2, 0.25) is 0 Å². The molecule has 0 aliphatic carbocycles. The van der Waals surface area contributed by atoms with Crippen molar-refractivity contribution in [1.29, 1.82) is 0 Å². The van der Waals surface area contributed by atoms with E-state index in [0.717, 1.165) is 36.4 Å². The van der Waals surface area contributed by atoms with Crippen LogP contribution in [0.4, 0.5) is 5.69 Å². The van der Waals surface area contributed by atoms with E-state index in [-0.39, 0.29) is 17.3 Å². The van der Waals surface area contributed by atoms with Crippen molar-refractivity contribution in [1.82, 2.24) is 4.57 Å². The molecule has 1 aromatic heterocycles. The van der Waals surface area contributed by atoms with Crippen LogP contribution < -0.4 is 19.9 Å². The Hall–Kier alpha value is -2.87. The topological polar surface area (TPSA) is 88.0 Å². The maximum atomic E-state index is 12.1. The van der Waals surface area contributed by atoms with Crippen LogP contribution in [0.25, 0.3) is 0 Å². The minimum atomic E-state index is -0.488. The lowest BCUT2D eigenvalue weighted by molar-refractivity contribution is -0.940. The highest BCUT2D eigenvalue weighted by Gasteiger charge is 2.33. The molecule has 0 amide bonds. The summed E-state index contributed by atoms with van der Waals surface area (Å²) in [5.74, 6) is 1.53. The van der Waals surface area contributed by atoms with E-state index in [2.05, 4.69) is 0 Å². The molecule has 0 spiro atoms. The van der Waals surface area contributed by atoms with Gasteiger partial charge in [-0.15, -0.1) is 0 Å². The van der Waals surface area contributed by atoms with Gasteiger partial charge in [-0.3, -0.25) is 19.5 Å². The van der Waals surface area contributed by atoms with Gasteiger partial charge in [-0.2, -0.15) is 0 Å². The number of ether oxygens (including phenoxy) is 2. The molecule has 0 radical (unpaired) electrons. The van der Waals surface area contributed by atoms with Crippen LogP contribution in [0.5, 0.6) is 11.5 Å². The van der Waals surface area contributed by atoms with Crippen LogP contribution in [0.15, 0.2) is 41.3 Å². The summed E-state index contributed by atoms with van der Waals surface area (Å²) >= 11 is 0. The SMILES string of the molecule is COc1ccc(OC)c([C@H]2CCC[NH+]2Cn2cc([N+](=O)[O-])ccc2=O)c1. The van der Waals surface area contributed by atoms with Crippen molar-refractivity contribution in [3.8, 4) is 11.5 Å². The zero-order valence-corrected chi connectivity index (χ0v) is 14.8. The Labute approximate surface area is 150 Å². The molecule has 0 saturated carbocycles. The highest BCUT2D eigenvalue weighted by atomic mass is 16.6. The molecule has 26 heavy (non-hydrogen) atoms. The lowest BCUT2D eigenvalue weighted by Crippen LogP contribution is -3.09. The molecule has 8 heteroatoms. The average molecular weight is 360 g/mol. The quantitative estimate of drug-likeness (QED) is 0.617. The number of benzene rings is 1. The fraction of sp³-hybridized carbons (Fsp3) is 0.389. The maximum Gasteiger partial charge on any atom is 0.285 e. The first kappa shape index (κ1) is 17.9. The Bertz CT molecular complexity index is 864. The predicted octanol–water partition coefficient (Wildman–Crippen LogP) is 1.15. The van der Waals surface area contributed by atoms with Gasteiger partial charge < -0.3 is 14.4 Å². The Morgan fingerprint density at radius 3 is 2.77 bits per heavy atom. The van der Waals surface area contributed by atoms with E-state index in [0.29, 0.717) is 6.67 Å². The van der Waals surface area contributed by atoms with Crippen molar-refractivity contribution in [3.63, 3.8) is 0 Å². The third kappa shape index (κ3) is 3.55. The molecule has 1 N–H and O–H groups in total. The first-order chi connectivity index (χ1) is 12.5. The Morgan fingerprint density at radius 1 is 1.27 bits per heavy atom. The molecule has 2 heterocycles. The highest BCUT2D eigenvalue weighted by Crippen LogP contribution is 2.31. The average Bonchev–Trinajstić information content (AvgIpc) is 3.10. The molecule has 3 rings (SSSR count). The highest BCUT2D eigenvalue weighted by molar-refractivity contribution is 5.41. The lowest BCUT2D eigenvalue weighted by Gasteiger charge is -2.24. The number of aromatic nitrogens is 1. The Kier molecular flexibility index (Phi) is 5.22. The number of hydrogen-bond donors (Lipinski definition) is 1. The number of likely N-dealkylation sites (tertiary alicyclic amines) is 1. The molecule has 1 aromatic carbocycles. The Morgan fingerprint density at radius 2 is 2.08 bits per heavy atom. The fourth-order valence-corrected chi connectivity index (χ4v) is 3.56. The maximum absolute atomic E-state index is 12.1. The standard InChI is InChI=1S/C18H21N3O5/c1-25-14-6-7-17(26-2)15(10-14)16-4-3-9-19(16)12-20-11-13(21(23)24)5-8-18(20)22/h5-8,10-11,16H,3-4,9,12H2,1-2H3/p+1/t16-/m1/s1. The number of pyridine rings is 1. The number of nitrogens with one attached hydrogen (secondary N) is 1. The van der Waals surface area contributed by atoms with Crippen molar-refractivity contribution >= 4 is 5.69 Å². The van der Waals surface area contributed by atoms with Gasteiger partial charge in [0, 0.05) is 25.0 Å². The van der Waals surface area contributed by atoms with Gasteiger partial charge in [-0.05, 0) is 18.2 Å². The molecule has 1 aliphatic heterocycles. The van der Waals surface area contributed by atoms with Crippen LogP contribution in [0.3, 0.4) is 0 Å². The molecular formula is C18H22N3O5+. The van der Waals surface area contributed by atoms with Crippen molar-refractivity contribution < 1.29 is 19.3 Å². The van der Waals surface area contributed by atoms with E-state index in [1.165, 1.54) is 27.8 Å². The molecule has 2 atom stereocenters. The number of rotatable bonds is 6. The normalized spacial score (nSPS) is 19.3. The molecular weight excluding hydrogens is 338 g/mol. The van der Waals surface area contributed by atoms with Crippen molar-refractivity contribution in [3.05, 3.63) is 62.6 Å². The summed E-state index contributed by atoms with van der Waals surface area (Å²) in [6.45, 7) is 1.24. The molecule has 2 aromatic rings. The number of nitro groups is 1. The monoisotopic (exact) mass is 360 g/mol. The summed E-state index contributed by atoms with van der Waals surface area (Å²) in [7, 11) is 3.25. The smallest absolute Gasteiger partial charge is 0.285 e. The van der Waals surface area contributed by atoms with Crippen LogP contribution in [-0.2, 0) is 6.67 Å². The first-order valence-corrected chi connectivity index (χ1v) is 8.45. The molecule has 0 bridgehead atoms. The van der Waals surface area contributed by atoms with E-state index < -0.39 is 4.92 Å². The van der Waals surface area contributed by atoms with Gasteiger partial charge in [0.2, 0.25) is 0 Å². The summed E-state index contributed by atoms with van der Waals surface area (Å²) in [6.07, 6.45) is 3.26. The molecule has 1 aliphatic rings. The number of hydrogen-bond acceptors (Lipinski definition) is 5. The van der Waals surface area contributed by atoms with E-state index in [1.54, 1.807) is 14.2 Å². The van der Waals surface area contributed by atoms with E-state index >= 15 is 0 Å². The van der Waals surface area contributed by atoms with Gasteiger partial charge in [-0.25, -0.2) is 0 Å². The van der Waals surface area contributed by atoms with Gasteiger partial charge in [0.15, 0.2) is 6.67 Å². The molecule has 1 fully saturated rings. The van der Waals surface area contributed by atoms with Crippen LogP contribution in [-0.4, -0.2) is 30.3 Å². The molecule has 1 unspecified atom stereocenters. The van der Waals surface area contributed by atoms with Gasteiger partial charge in [0.1, 0.15) is 17.5 Å². The van der Waals surface area contributed by atoms with E-state index in [4.69, 9.17) is 9.47 Å².